The molecule has 1 aromatic carbocycles. The van der Waals surface area contributed by atoms with Crippen molar-refractivity contribution >= 4 is 17.5 Å². The molecule has 1 heterocycles. The Kier molecular flexibility index (Phi) is 5.33. The number of nitrogens with one attached hydrogen (secondary N) is 1. The lowest BCUT2D eigenvalue weighted by Crippen LogP contribution is -2.46. The highest BCUT2D eigenvalue weighted by Crippen LogP contribution is 2.18. The smallest absolute Gasteiger partial charge is 0.227 e. The summed E-state index contributed by atoms with van der Waals surface area (Å²) in [6.45, 7) is 2.23. The molecule has 0 spiro atoms. The molecule has 0 saturated carbocycles. The minimum absolute atomic E-state index is 0.0349. The van der Waals surface area contributed by atoms with E-state index in [4.69, 9.17) is 0 Å². The van der Waals surface area contributed by atoms with E-state index in [0.29, 0.717) is 6.42 Å². The van der Waals surface area contributed by atoms with Gasteiger partial charge in [0.2, 0.25) is 11.8 Å². The Hall–Kier alpha value is -1.88. The van der Waals surface area contributed by atoms with Crippen molar-refractivity contribution in [1.29, 1.82) is 0 Å². The fourth-order valence-electron chi connectivity index (χ4n) is 2.70. The van der Waals surface area contributed by atoms with Crippen molar-refractivity contribution in [3.63, 3.8) is 0 Å². The molecule has 1 atom stereocenters. The predicted molar refractivity (Wildman–Crippen MR) is 80.9 cm³/mol. The quantitative estimate of drug-likeness (QED) is 0.884. The van der Waals surface area contributed by atoms with Crippen molar-refractivity contribution in [3.05, 3.63) is 29.8 Å². The molecule has 114 valence electrons. The van der Waals surface area contributed by atoms with E-state index in [-0.39, 0.29) is 24.5 Å². The fourth-order valence-corrected chi connectivity index (χ4v) is 2.70. The van der Waals surface area contributed by atoms with Crippen molar-refractivity contribution in [2.24, 2.45) is 0 Å². The zero-order valence-electron chi connectivity index (χ0n) is 12.3. The standard InChI is InChI=1S/C16H22N2O3/c1-12(20)17-14-7-5-13(6-8-14)10-16(21)18-9-3-2-4-15(18)11-19/h5-8,15,19H,2-4,9-11H2,1H3,(H,17,20). The van der Waals surface area contributed by atoms with Crippen LogP contribution in [-0.2, 0) is 16.0 Å². The molecule has 1 saturated heterocycles. The number of hydrogen-bond acceptors (Lipinski definition) is 3. The van der Waals surface area contributed by atoms with Crippen LogP contribution in [0.3, 0.4) is 0 Å². The third kappa shape index (κ3) is 4.29. The van der Waals surface area contributed by atoms with Crippen LogP contribution >= 0.6 is 0 Å². The number of benzene rings is 1. The number of likely N-dealkylation sites (tertiary alicyclic amines) is 1. The topological polar surface area (TPSA) is 69.6 Å². The number of anilines is 1. The van der Waals surface area contributed by atoms with Gasteiger partial charge in [0.15, 0.2) is 0 Å². The van der Waals surface area contributed by atoms with E-state index in [2.05, 4.69) is 5.32 Å². The Labute approximate surface area is 125 Å². The molecule has 0 bridgehead atoms. The molecule has 5 heteroatoms. The van der Waals surface area contributed by atoms with Crippen LogP contribution in [0.25, 0.3) is 0 Å². The zero-order chi connectivity index (χ0) is 15.2. The maximum atomic E-state index is 12.3. The number of carbonyl (C=O) groups excluding carboxylic acids is 2. The van der Waals surface area contributed by atoms with Crippen LogP contribution in [0.1, 0.15) is 31.7 Å². The normalized spacial score (nSPS) is 18.4. The van der Waals surface area contributed by atoms with Gasteiger partial charge in [-0.2, -0.15) is 0 Å². The first-order valence-corrected chi connectivity index (χ1v) is 7.37. The third-order valence-corrected chi connectivity index (χ3v) is 3.79. The molecular formula is C16H22N2O3. The summed E-state index contributed by atoms with van der Waals surface area (Å²) in [5, 5.41) is 12.1. The van der Waals surface area contributed by atoms with Crippen molar-refractivity contribution in [2.45, 2.75) is 38.6 Å². The van der Waals surface area contributed by atoms with Crippen molar-refractivity contribution in [3.8, 4) is 0 Å². The highest BCUT2D eigenvalue weighted by molar-refractivity contribution is 5.88. The summed E-state index contributed by atoms with van der Waals surface area (Å²) < 4.78 is 0. The summed E-state index contributed by atoms with van der Waals surface area (Å²) in [5.74, 6) is -0.0565. The lowest BCUT2D eigenvalue weighted by molar-refractivity contribution is -0.135. The first kappa shape index (κ1) is 15.5. The van der Waals surface area contributed by atoms with E-state index in [9.17, 15) is 14.7 Å². The number of aliphatic hydroxyl groups is 1. The molecule has 1 aliphatic rings. The molecule has 1 aliphatic heterocycles. The molecule has 0 aliphatic carbocycles. The number of aliphatic hydroxyl groups excluding tert-OH is 1. The van der Waals surface area contributed by atoms with E-state index < -0.39 is 0 Å². The Balaban J connectivity index is 1.96. The maximum Gasteiger partial charge on any atom is 0.227 e. The van der Waals surface area contributed by atoms with Crippen LogP contribution < -0.4 is 5.32 Å². The van der Waals surface area contributed by atoms with Gasteiger partial charge in [0, 0.05) is 19.2 Å². The second kappa shape index (κ2) is 7.22. The van der Waals surface area contributed by atoms with Crippen molar-refractivity contribution < 1.29 is 14.7 Å². The van der Waals surface area contributed by atoms with Gasteiger partial charge in [-0.3, -0.25) is 9.59 Å². The van der Waals surface area contributed by atoms with Gasteiger partial charge in [0.05, 0.1) is 19.1 Å². The monoisotopic (exact) mass is 290 g/mol. The van der Waals surface area contributed by atoms with Gasteiger partial charge in [0.25, 0.3) is 0 Å². The second-order valence-corrected chi connectivity index (χ2v) is 5.47. The number of rotatable bonds is 4. The Morgan fingerprint density at radius 3 is 2.62 bits per heavy atom. The van der Waals surface area contributed by atoms with Crippen LogP contribution in [-0.4, -0.2) is 41.0 Å². The third-order valence-electron chi connectivity index (χ3n) is 3.79. The summed E-state index contributed by atoms with van der Waals surface area (Å²) in [6.07, 6.45) is 3.28. The number of carbonyl (C=O) groups is 2. The predicted octanol–water partition coefficient (Wildman–Crippen LogP) is 1.56. The molecule has 1 aromatic rings. The average molecular weight is 290 g/mol. The molecule has 5 nitrogen and oxygen atoms in total. The first-order valence-electron chi connectivity index (χ1n) is 7.37. The Bertz CT molecular complexity index is 499. The second-order valence-electron chi connectivity index (χ2n) is 5.47. The summed E-state index contributed by atoms with van der Waals surface area (Å²) in [6, 6.07) is 7.25. The highest BCUT2D eigenvalue weighted by atomic mass is 16.3. The van der Waals surface area contributed by atoms with Crippen molar-refractivity contribution in [1.82, 2.24) is 4.90 Å². The fraction of sp³-hybridized carbons (Fsp3) is 0.500. The molecule has 0 aromatic heterocycles. The maximum absolute atomic E-state index is 12.3. The van der Waals surface area contributed by atoms with E-state index in [0.717, 1.165) is 37.1 Å². The molecule has 0 radical (unpaired) electrons. The largest absolute Gasteiger partial charge is 0.394 e. The average Bonchev–Trinajstić information content (AvgIpc) is 2.48. The zero-order valence-corrected chi connectivity index (χ0v) is 12.3. The van der Waals surface area contributed by atoms with Gasteiger partial charge >= 0.3 is 0 Å². The molecule has 1 unspecified atom stereocenters. The van der Waals surface area contributed by atoms with Crippen LogP contribution in [0.15, 0.2) is 24.3 Å². The minimum Gasteiger partial charge on any atom is -0.394 e. The molecule has 2 N–H and O–H groups in total. The summed E-state index contributed by atoms with van der Waals surface area (Å²) in [4.78, 5) is 25.1. The molecule has 21 heavy (non-hydrogen) atoms. The van der Waals surface area contributed by atoms with Gasteiger partial charge in [-0.15, -0.1) is 0 Å². The van der Waals surface area contributed by atoms with Gasteiger partial charge in [0.1, 0.15) is 0 Å². The lowest BCUT2D eigenvalue weighted by Gasteiger charge is -2.34. The Morgan fingerprint density at radius 2 is 2.00 bits per heavy atom. The van der Waals surface area contributed by atoms with Gasteiger partial charge in [-0.05, 0) is 37.0 Å². The summed E-state index contributed by atoms with van der Waals surface area (Å²) >= 11 is 0. The Morgan fingerprint density at radius 1 is 1.29 bits per heavy atom. The lowest BCUT2D eigenvalue weighted by atomic mass is 10.0. The van der Waals surface area contributed by atoms with Crippen LogP contribution in [0.2, 0.25) is 0 Å². The van der Waals surface area contributed by atoms with E-state index in [1.807, 2.05) is 12.1 Å². The van der Waals surface area contributed by atoms with Crippen LogP contribution in [0.5, 0.6) is 0 Å². The van der Waals surface area contributed by atoms with E-state index in [1.54, 1.807) is 17.0 Å². The highest BCUT2D eigenvalue weighted by Gasteiger charge is 2.25. The summed E-state index contributed by atoms with van der Waals surface area (Å²) in [5.41, 5.74) is 1.64. The SMILES string of the molecule is CC(=O)Nc1ccc(CC(=O)N2CCCCC2CO)cc1. The van der Waals surface area contributed by atoms with E-state index in [1.165, 1.54) is 6.92 Å². The van der Waals surface area contributed by atoms with Gasteiger partial charge in [-0.1, -0.05) is 12.1 Å². The van der Waals surface area contributed by atoms with Gasteiger partial charge in [-0.25, -0.2) is 0 Å². The van der Waals surface area contributed by atoms with E-state index >= 15 is 0 Å². The number of piperidine rings is 1. The number of amides is 2. The number of nitrogens with zero attached hydrogens (tertiary/aromatic N) is 1. The number of hydrogen-bond donors (Lipinski definition) is 2. The molecule has 1 fully saturated rings. The van der Waals surface area contributed by atoms with Crippen molar-refractivity contribution in [2.75, 3.05) is 18.5 Å². The molecule has 2 rings (SSSR count). The molecule has 2 amide bonds. The minimum atomic E-state index is -0.113. The summed E-state index contributed by atoms with van der Waals surface area (Å²) in [7, 11) is 0. The van der Waals surface area contributed by atoms with Crippen LogP contribution in [0.4, 0.5) is 5.69 Å². The van der Waals surface area contributed by atoms with Gasteiger partial charge < -0.3 is 15.3 Å². The first-order chi connectivity index (χ1) is 10.1. The van der Waals surface area contributed by atoms with Crippen LogP contribution in [0, 0.1) is 0 Å². The molecular weight excluding hydrogens is 268 g/mol.